The van der Waals surface area contributed by atoms with E-state index < -0.39 is 5.91 Å². The van der Waals surface area contributed by atoms with Crippen molar-refractivity contribution in [1.82, 2.24) is 35.6 Å². The lowest BCUT2D eigenvalue weighted by Crippen LogP contribution is -2.32. The number of nitrogen functional groups attached to an aromatic ring is 2. The van der Waals surface area contributed by atoms with Gasteiger partial charge in [0.25, 0.3) is 5.91 Å². The van der Waals surface area contributed by atoms with Crippen LogP contribution in [0.15, 0.2) is 4.63 Å². The molecular formula is C8H13N9O2. The van der Waals surface area contributed by atoms with Crippen LogP contribution in [0.1, 0.15) is 16.2 Å². The summed E-state index contributed by atoms with van der Waals surface area (Å²) in [6, 6.07) is 0. The van der Waals surface area contributed by atoms with Gasteiger partial charge < -0.3 is 10.6 Å². The maximum absolute atomic E-state index is 11.6. The minimum atomic E-state index is -0.557. The highest BCUT2D eigenvalue weighted by molar-refractivity contribution is 5.92. The summed E-state index contributed by atoms with van der Waals surface area (Å²) < 4.78 is 5.79. The minimum Gasteiger partial charge on any atom is -0.378 e. The van der Waals surface area contributed by atoms with E-state index in [9.17, 15) is 4.79 Å². The Bertz CT molecular complexity index is 587. The van der Waals surface area contributed by atoms with Crippen molar-refractivity contribution in [2.75, 3.05) is 19.8 Å². The molecule has 0 saturated heterocycles. The minimum absolute atomic E-state index is 0.0459. The van der Waals surface area contributed by atoms with Crippen molar-refractivity contribution >= 4 is 11.7 Å². The molecule has 0 aliphatic carbocycles. The molecule has 2 heterocycles. The first-order valence-electron chi connectivity index (χ1n) is 5.23. The molecule has 2 rings (SSSR count). The number of carbonyl (C=O) groups excluding carboxylic acids is 1. The Labute approximate surface area is 107 Å². The third kappa shape index (κ3) is 2.36. The highest BCUT2D eigenvalue weighted by Gasteiger charge is 2.23. The molecule has 0 saturated carbocycles. The number of amides is 1. The lowest BCUT2D eigenvalue weighted by atomic mass is 10.3. The first kappa shape index (κ1) is 12.9. The topological polar surface area (TPSA) is 154 Å². The van der Waals surface area contributed by atoms with Crippen LogP contribution in [0.5, 0.6) is 0 Å². The smallest absolute Gasteiger partial charge is 0.287 e. The van der Waals surface area contributed by atoms with Crippen molar-refractivity contribution in [3.63, 3.8) is 0 Å². The van der Waals surface area contributed by atoms with E-state index in [1.807, 2.05) is 24.4 Å². The molecule has 11 heteroatoms. The van der Waals surface area contributed by atoms with Crippen LogP contribution < -0.4 is 17.0 Å². The summed E-state index contributed by atoms with van der Waals surface area (Å²) in [5, 5.41) is 14.7. The van der Waals surface area contributed by atoms with E-state index in [2.05, 4.69) is 25.3 Å². The molecule has 0 spiro atoms. The fourth-order valence-corrected chi connectivity index (χ4v) is 1.50. The predicted molar refractivity (Wildman–Crippen MR) is 62.7 cm³/mol. The van der Waals surface area contributed by atoms with Crippen molar-refractivity contribution in [2.45, 2.75) is 6.54 Å². The van der Waals surface area contributed by atoms with Crippen molar-refractivity contribution in [3.8, 4) is 5.82 Å². The Balaban J connectivity index is 2.53. The first-order valence-corrected chi connectivity index (χ1v) is 5.23. The van der Waals surface area contributed by atoms with Gasteiger partial charge in [-0.05, 0) is 24.4 Å². The predicted octanol–water partition coefficient (Wildman–Crippen LogP) is -2.10. The molecule has 5 N–H and O–H groups in total. The van der Waals surface area contributed by atoms with Crippen LogP contribution in [0.4, 0.5) is 5.82 Å². The fraction of sp³-hybridized carbons (Fsp3) is 0.375. The van der Waals surface area contributed by atoms with Crippen LogP contribution in [-0.4, -0.2) is 50.2 Å². The van der Waals surface area contributed by atoms with Gasteiger partial charge in [0.15, 0.2) is 5.69 Å². The first-order chi connectivity index (χ1) is 9.04. The standard InChI is InChI=1S/C8H13N9O2/c1-16(2)3-4-5(8(18)11-10)12-15-17(4)7-6(9)13-19-14-7/h3,10H2,1-2H3,(H2,9,13)(H,11,18). The maximum Gasteiger partial charge on any atom is 0.287 e. The van der Waals surface area contributed by atoms with E-state index in [0.29, 0.717) is 12.2 Å². The molecule has 0 aliphatic heterocycles. The second kappa shape index (κ2) is 4.99. The van der Waals surface area contributed by atoms with Crippen LogP contribution in [0.2, 0.25) is 0 Å². The monoisotopic (exact) mass is 267 g/mol. The van der Waals surface area contributed by atoms with Crippen LogP contribution in [0.3, 0.4) is 0 Å². The van der Waals surface area contributed by atoms with Crippen molar-refractivity contribution in [2.24, 2.45) is 5.84 Å². The number of nitrogens with two attached hydrogens (primary N) is 2. The fourth-order valence-electron chi connectivity index (χ4n) is 1.50. The number of aromatic nitrogens is 5. The highest BCUT2D eigenvalue weighted by Crippen LogP contribution is 2.16. The molecule has 0 fully saturated rings. The summed E-state index contributed by atoms with van der Waals surface area (Å²) in [6.07, 6.45) is 0. The lowest BCUT2D eigenvalue weighted by molar-refractivity contribution is 0.0947. The van der Waals surface area contributed by atoms with Gasteiger partial charge in [-0.2, -0.15) is 4.68 Å². The molecule has 2 aromatic heterocycles. The van der Waals surface area contributed by atoms with Crippen LogP contribution in [0.25, 0.3) is 5.82 Å². The van der Waals surface area contributed by atoms with E-state index >= 15 is 0 Å². The van der Waals surface area contributed by atoms with Gasteiger partial charge in [0.2, 0.25) is 11.6 Å². The Morgan fingerprint density at radius 2 is 2.21 bits per heavy atom. The summed E-state index contributed by atoms with van der Waals surface area (Å²) in [7, 11) is 3.65. The molecule has 19 heavy (non-hydrogen) atoms. The summed E-state index contributed by atoms with van der Waals surface area (Å²) >= 11 is 0. The molecule has 0 aromatic carbocycles. The maximum atomic E-state index is 11.6. The van der Waals surface area contributed by atoms with Gasteiger partial charge in [-0.1, -0.05) is 5.21 Å². The molecule has 1 amide bonds. The average molecular weight is 267 g/mol. The number of nitrogens with zero attached hydrogens (tertiary/aromatic N) is 6. The molecule has 0 aliphatic rings. The lowest BCUT2D eigenvalue weighted by Gasteiger charge is -2.10. The summed E-state index contributed by atoms with van der Waals surface area (Å²) in [5.74, 6) is 4.76. The molecule has 2 aromatic rings. The zero-order valence-corrected chi connectivity index (χ0v) is 10.4. The number of nitrogens with one attached hydrogen (secondary N) is 1. The normalized spacial score (nSPS) is 10.9. The van der Waals surface area contributed by atoms with Gasteiger partial charge in [-0.3, -0.25) is 10.2 Å². The quantitative estimate of drug-likeness (QED) is 0.321. The summed E-state index contributed by atoms with van der Waals surface area (Å²) in [4.78, 5) is 13.4. The van der Waals surface area contributed by atoms with Crippen LogP contribution in [-0.2, 0) is 6.54 Å². The van der Waals surface area contributed by atoms with E-state index in [1.165, 1.54) is 4.68 Å². The number of hydrogen-bond donors (Lipinski definition) is 3. The Hall–Kier alpha value is -2.53. The molecule has 0 unspecified atom stereocenters. The highest BCUT2D eigenvalue weighted by atomic mass is 16.6. The SMILES string of the molecule is CN(C)Cc1c(C(=O)NN)nnn1-c1nonc1N. The Morgan fingerprint density at radius 3 is 2.74 bits per heavy atom. The van der Waals surface area contributed by atoms with Gasteiger partial charge in [0.1, 0.15) is 0 Å². The third-order valence-corrected chi connectivity index (χ3v) is 2.27. The molecule has 0 bridgehead atoms. The zero-order chi connectivity index (χ0) is 14.0. The molecule has 102 valence electrons. The number of anilines is 1. The van der Waals surface area contributed by atoms with Gasteiger partial charge in [-0.25, -0.2) is 10.5 Å². The molecular weight excluding hydrogens is 254 g/mol. The van der Waals surface area contributed by atoms with Crippen molar-refractivity contribution < 1.29 is 9.42 Å². The number of rotatable bonds is 4. The van der Waals surface area contributed by atoms with Gasteiger partial charge in [0.05, 0.1) is 5.69 Å². The van der Waals surface area contributed by atoms with Crippen LogP contribution >= 0.6 is 0 Å². The molecule has 11 nitrogen and oxygen atoms in total. The average Bonchev–Trinajstić information content (AvgIpc) is 2.94. The Kier molecular flexibility index (Phi) is 3.39. The Morgan fingerprint density at radius 1 is 1.47 bits per heavy atom. The van der Waals surface area contributed by atoms with E-state index in [1.54, 1.807) is 0 Å². The van der Waals surface area contributed by atoms with E-state index in [-0.39, 0.29) is 17.3 Å². The second-order valence-corrected chi connectivity index (χ2v) is 3.98. The van der Waals surface area contributed by atoms with Crippen LogP contribution in [0, 0.1) is 0 Å². The number of hydrogen-bond acceptors (Lipinski definition) is 9. The third-order valence-electron chi connectivity index (χ3n) is 2.27. The zero-order valence-electron chi connectivity index (χ0n) is 10.4. The van der Waals surface area contributed by atoms with E-state index in [4.69, 9.17) is 11.6 Å². The summed E-state index contributed by atoms with van der Waals surface area (Å²) in [5.41, 5.74) is 8.15. The molecule has 0 radical (unpaired) electrons. The van der Waals surface area contributed by atoms with E-state index in [0.717, 1.165) is 0 Å². The van der Waals surface area contributed by atoms with Crippen molar-refractivity contribution in [3.05, 3.63) is 11.4 Å². The second-order valence-electron chi connectivity index (χ2n) is 3.98. The number of carbonyl (C=O) groups is 1. The van der Waals surface area contributed by atoms with Crippen molar-refractivity contribution in [1.29, 1.82) is 0 Å². The van der Waals surface area contributed by atoms with Gasteiger partial charge in [-0.15, -0.1) is 5.10 Å². The van der Waals surface area contributed by atoms with Gasteiger partial charge in [0, 0.05) is 6.54 Å². The largest absolute Gasteiger partial charge is 0.378 e. The number of hydrazine groups is 1. The summed E-state index contributed by atoms with van der Waals surface area (Å²) in [6.45, 7) is 0.377. The van der Waals surface area contributed by atoms with Gasteiger partial charge >= 0.3 is 0 Å². The molecule has 0 atom stereocenters.